The Hall–Kier alpha value is -2.43. The van der Waals surface area contributed by atoms with E-state index in [1.54, 1.807) is 6.07 Å². The van der Waals surface area contributed by atoms with Crippen LogP contribution in [0.3, 0.4) is 0 Å². The van der Waals surface area contributed by atoms with Crippen LogP contribution in [0, 0.1) is 17.1 Å². The molecule has 0 aliphatic rings. The quantitative estimate of drug-likeness (QED) is 0.788. The van der Waals surface area contributed by atoms with Crippen LogP contribution in [0.4, 0.5) is 17.6 Å². The molecular formula is C11H5F4N3O. The van der Waals surface area contributed by atoms with Crippen molar-refractivity contribution < 1.29 is 22.1 Å². The summed E-state index contributed by atoms with van der Waals surface area (Å²) in [5.41, 5.74) is -0.395. The zero-order chi connectivity index (χ0) is 14.0. The van der Waals surface area contributed by atoms with Crippen LogP contribution in [-0.4, -0.2) is 16.3 Å². The number of benzene rings is 1. The highest BCUT2D eigenvalue weighted by atomic mass is 19.4. The first kappa shape index (κ1) is 13.0. The summed E-state index contributed by atoms with van der Waals surface area (Å²) in [6.07, 6.45) is -5.82. The fraction of sp³-hybridized carbons (Fsp3) is 0.182. The first-order chi connectivity index (χ1) is 8.90. The van der Waals surface area contributed by atoms with Crippen LogP contribution >= 0.6 is 0 Å². The van der Waals surface area contributed by atoms with Crippen molar-refractivity contribution in [3.8, 4) is 17.5 Å². The summed E-state index contributed by atoms with van der Waals surface area (Å²) in [7, 11) is 0. The Morgan fingerprint density at radius 2 is 2.05 bits per heavy atom. The minimum Gasteiger partial charge on any atom is -0.334 e. The van der Waals surface area contributed by atoms with E-state index in [-0.39, 0.29) is 17.0 Å². The molecule has 2 aromatic rings. The van der Waals surface area contributed by atoms with Crippen LogP contribution in [0.25, 0.3) is 11.5 Å². The minimum atomic E-state index is -4.47. The molecule has 1 aromatic heterocycles. The Morgan fingerprint density at radius 1 is 1.32 bits per heavy atom. The van der Waals surface area contributed by atoms with Gasteiger partial charge in [0.25, 0.3) is 5.89 Å². The number of alkyl halides is 3. The van der Waals surface area contributed by atoms with Gasteiger partial charge in [-0.25, -0.2) is 4.39 Å². The van der Waals surface area contributed by atoms with Crippen LogP contribution < -0.4 is 0 Å². The zero-order valence-corrected chi connectivity index (χ0v) is 9.20. The summed E-state index contributed by atoms with van der Waals surface area (Å²) in [5, 5.41) is 11.9. The van der Waals surface area contributed by atoms with Gasteiger partial charge in [-0.15, -0.1) is 0 Å². The van der Waals surface area contributed by atoms with E-state index in [1.807, 2.05) is 0 Å². The molecule has 0 atom stereocenters. The lowest BCUT2D eigenvalue weighted by Crippen LogP contribution is -2.12. The molecule has 1 heterocycles. The molecule has 4 nitrogen and oxygen atoms in total. The van der Waals surface area contributed by atoms with Crippen LogP contribution in [0.1, 0.15) is 11.4 Å². The molecule has 0 radical (unpaired) electrons. The molecule has 0 aliphatic heterocycles. The van der Waals surface area contributed by atoms with Gasteiger partial charge in [-0.2, -0.15) is 23.4 Å². The second-order valence-corrected chi connectivity index (χ2v) is 3.58. The van der Waals surface area contributed by atoms with Crippen molar-refractivity contribution in [3.63, 3.8) is 0 Å². The number of nitrogens with zero attached hydrogens (tertiary/aromatic N) is 3. The number of halogens is 4. The summed E-state index contributed by atoms with van der Waals surface area (Å²) in [6, 6.07) is 5.25. The van der Waals surface area contributed by atoms with Gasteiger partial charge < -0.3 is 4.52 Å². The third-order valence-corrected chi connectivity index (χ3v) is 2.18. The molecule has 2 rings (SSSR count). The summed E-state index contributed by atoms with van der Waals surface area (Å²) in [4.78, 5) is 3.50. The first-order valence-electron chi connectivity index (χ1n) is 4.99. The summed E-state index contributed by atoms with van der Waals surface area (Å²) < 4.78 is 54.3. The Labute approximate surface area is 104 Å². The van der Waals surface area contributed by atoms with Crippen molar-refractivity contribution in [2.75, 3.05) is 0 Å². The normalized spacial score (nSPS) is 11.3. The second-order valence-electron chi connectivity index (χ2n) is 3.58. The lowest BCUT2D eigenvalue weighted by Gasteiger charge is -2.00. The van der Waals surface area contributed by atoms with E-state index in [9.17, 15) is 17.6 Å². The maximum absolute atomic E-state index is 13.3. The monoisotopic (exact) mass is 271 g/mol. The third-order valence-electron chi connectivity index (χ3n) is 2.18. The first-order valence-corrected chi connectivity index (χ1v) is 4.99. The lowest BCUT2D eigenvalue weighted by molar-refractivity contribution is -0.128. The average Bonchev–Trinajstić information content (AvgIpc) is 2.74. The van der Waals surface area contributed by atoms with Gasteiger partial charge in [0.2, 0.25) is 0 Å². The van der Waals surface area contributed by atoms with E-state index in [1.165, 1.54) is 12.1 Å². The topological polar surface area (TPSA) is 62.7 Å². The Balaban J connectivity index is 2.39. The highest BCUT2D eigenvalue weighted by Crippen LogP contribution is 2.25. The number of hydrogen-bond donors (Lipinski definition) is 0. The highest BCUT2D eigenvalue weighted by molar-refractivity contribution is 5.63. The third kappa shape index (κ3) is 2.88. The Bertz CT molecular complexity index is 642. The molecule has 0 bridgehead atoms. The molecule has 98 valence electrons. The van der Waals surface area contributed by atoms with E-state index in [0.717, 1.165) is 6.07 Å². The second kappa shape index (κ2) is 4.68. The molecule has 0 N–H and O–H groups in total. The molecule has 0 aliphatic carbocycles. The van der Waals surface area contributed by atoms with E-state index in [2.05, 4.69) is 14.7 Å². The predicted octanol–water partition coefficient (Wildman–Crippen LogP) is 2.85. The van der Waals surface area contributed by atoms with Crippen LogP contribution in [0.5, 0.6) is 0 Å². The molecule has 0 amide bonds. The Kier molecular flexibility index (Phi) is 3.21. The SMILES string of the molecule is N#Cc1c(F)cccc1-c1nc(CC(F)(F)F)no1. The van der Waals surface area contributed by atoms with Gasteiger partial charge in [0.15, 0.2) is 5.82 Å². The summed E-state index contributed by atoms with van der Waals surface area (Å²) in [5.74, 6) is -1.71. The molecule has 0 spiro atoms. The predicted molar refractivity (Wildman–Crippen MR) is 54.2 cm³/mol. The molecule has 0 fully saturated rings. The van der Waals surface area contributed by atoms with E-state index in [4.69, 9.17) is 5.26 Å². The molecular weight excluding hydrogens is 266 g/mol. The van der Waals surface area contributed by atoms with Gasteiger partial charge in [-0.3, -0.25) is 0 Å². The van der Waals surface area contributed by atoms with Crippen molar-refractivity contribution in [2.24, 2.45) is 0 Å². The van der Waals surface area contributed by atoms with Crippen LogP contribution in [0.15, 0.2) is 22.7 Å². The number of aromatic nitrogens is 2. The lowest BCUT2D eigenvalue weighted by atomic mass is 10.1. The largest absolute Gasteiger partial charge is 0.396 e. The summed E-state index contributed by atoms with van der Waals surface area (Å²) >= 11 is 0. The molecule has 1 aromatic carbocycles. The molecule has 0 saturated carbocycles. The standard InChI is InChI=1S/C11H5F4N3O/c12-8-3-1-2-6(7(8)5-16)10-17-9(18-19-10)4-11(13,14)15/h1-3H,4H2. The van der Waals surface area contributed by atoms with Gasteiger partial charge in [0, 0.05) is 0 Å². The molecule has 0 saturated heterocycles. The van der Waals surface area contributed by atoms with Crippen molar-refractivity contribution in [1.29, 1.82) is 5.26 Å². The van der Waals surface area contributed by atoms with Gasteiger partial charge in [0.1, 0.15) is 23.9 Å². The maximum Gasteiger partial charge on any atom is 0.396 e. The maximum atomic E-state index is 13.3. The zero-order valence-electron chi connectivity index (χ0n) is 9.20. The number of rotatable bonds is 2. The fourth-order valence-electron chi connectivity index (χ4n) is 1.43. The van der Waals surface area contributed by atoms with Crippen molar-refractivity contribution >= 4 is 0 Å². The van der Waals surface area contributed by atoms with Crippen molar-refractivity contribution in [1.82, 2.24) is 10.1 Å². The molecule has 0 unspecified atom stereocenters. The smallest absolute Gasteiger partial charge is 0.334 e. The van der Waals surface area contributed by atoms with Crippen LogP contribution in [0.2, 0.25) is 0 Å². The van der Waals surface area contributed by atoms with Crippen molar-refractivity contribution in [3.05, 3.63) is 35.4 Å². The van der Waals surface area contributed by atoms with Gasteiger partial charge in [0.05, 0.1) is 5.56 Å². The van der Waals surface area contributed by atoms with Crippen molar-refractivity contribution in [2.45, 2.75) is 12.6 Å². The highest BCUT2D eigenvalue weighted by Gasteiger charge is 2.31. The van der Waals surface area contributed by atoms with Gasteiger partial charge in [-0.05, 0) is 12.1 Å². The summed E-state index contributed by atoms with van der Waals surface area (Å²) in [6.45, 7) is 0. The average molecular weight is 271 g/mol. The number of nitriles is 1. The fourth-order valence-corrected chi connectivity index (χ4v) is 1.43. The van der Waals surface area contributed by atoms with E-state index >= 15 is 0 Å². The van der Waals surface area contributed by atoms with E-state index in [0.29, 0.717) is 0 Å². The minimum absolute atomic E-state index is 0.0385. The Morgan fingerprint density at radius 3 is 2.68 bits per heavy atom. The van der Waals surface area contributed by atoms with Gasteiger partial charge in [-0.1, -0.05) is 11.2 Å². The van der Waals surface area contributed by atoms with E-state index < -0.39 is 24.2 Å². The molecule has 19 heavy (non-hydrogen) atoms. The van der Waals surface area contributed by atoms with Crippen LogP contribution in [-0.2, 0) is 6.42 Å². The van der Waals surface area contributed by atoms with Gasteiger partial charge >= 0.3 is 6.18 Å². The number of hydrogen-bond acceptors (Lipinski definition) is 4. The molecule has 8 heteroatoms.